The average Bonchev–Trinajstić information content (AvgIpc) is 3.39. The molecule has 0 bridgehead atoms. The summed E-state index contributed by atoms with van der Waals surface area (Å²) in [5.41, 5.74) is 3.20. The van der Waals surface area contributed by atoms with Gasteiger partial charge in [0.15, 0.2) is 5.76 Å². The van der Waals surface area contributed by atoms with Crippen molar-refractivity contribution in [2.75, 3.05) is 13.1 Å². The molecular weight excluding hydrogens is 386 g/mol. The van der Waals surface area contributed by atoms with E-state index in [1.165, 1.54) is 5.56 Å². The zero-order valence-corrected chi connectivity index (χ0v) is 16.3. The molecule has 2 aromatic heterocycles. The Kier molecular flexibility index (Phi) is 4.45. The SMILES string of the molecule is O=C(c1cc(-c2ccco2)nn1-c1ccccc1)N1CC(c2ccc(Cl)cc2)C1. The van der Waals surface area contributed by atoms with Gasteiger partial charge in [0.1, 0.15) is 11.4 Å². The van der Waals surface area contributed by atoms with Crippen molar-refractivity contribution in [3.8, 4) is 17.1 Å². The van der Waals surface area contributed by atoms with E-state index >= 15 is 0 Å². The Labute approximate surface area is 173 Å². The van der Waals surface area contributed by atoms with E-state index in [0.717, 1.165) is 10.7 Å². The molecule has 144 valence electrons. The van der Waals surface area contributed by atoms with Crippen LogP contribution in [-0.4, -0.2) is 33.7 Å². The van der Waals surface area contributed by atoms with Gasteiger partial charge in [-0.15, -0.1) is 0 Å². The standard InChI is InChI=1S/C23H18ClN3O2/c24-18-10-8-16(9-11-18)17-14-26(15-17)23(28)21-13-20(22-7-4-12-29-22)25-27(21)19-5-2-1-3-6-19/h1-13,17H,14-15H2. The summed E-state index contributed by atoms with van der Waals surface area (Å²) in [7, 11) is 0. The molecule has 2 aromatic carbocycles. The highest BCUT2D eigenvalue weighted by molar-refractivity contribution is 6.30. The van der Waals surface area contributed by atoms with E-state index in [1.807, 2.05) is 71.6 Å². The number of nitrogens with zero attached hydrogens (tertiary/aromatic N) is 3. The highest BCUT2D eigenvalue weighted by Crippen LogP contribution is 2.30. The van der Waals surface area contributed by atoms with Crippen molar-refractivity contribution in [3.63, 3.8) is 0 Å². The van der Waals surface area contributed by atoms with E-state index in [-0.39, 0.29) is 5.91 Å². The summed E-state index contributed by atoms with van der Waals surface area (Å²) in [4.78, 5) is 15.1. The van der Waals surface area contributed by atoms with Crippen molar-refractivity contribution in [3.05, 3.63) is 95.3 Å². The van der Waals surface area contributed by atoms with Crippen molar-refractivity contribution >= 4 is 17.5 Å². The first-order chi connectivity index (χ1) is 14.2. The van der Waals surface area contributed by atoms with Gasteiger partial charge in [0, 0.05) is 30.1 Å². The van der Waals surface area contributed by atoms with Crippen LogP contribution in [0, 0.1) is 0 Å². The third kappa shape index (κ3) is 3.34. The minimum absolute atomic E-state index is 0.0376. The molecular formula is C23H18ClN3O2. The van der Waals surface area contributed by atoms with Crippen LogP contribution in [0.3, 0.4) is 0 Å². The van der Waals surface area contributed by atoms with Gasteiger partial charge in [0.2, 0.25) is 0 Å². The Morgan fingerprint density at radius 1 is 1.00 bits per heavy atom. The summed E-state index contributed by atoms with van der Waals surface area (Å²) >= 11 is 5.98. The highest BCUT2D eigenvalue weighted by atomic mass is 35.5. The number of carbonyl (C=O) groups excluding carboxylic acids is 1. The van der Waals surface area contributed by atoms with E-state index < -0.39 is 0 Å². The number of hydrogen-bond donors (Lipinski definition) is 0. The fourth-order valence-electron chi connectivity index (χ4n) is 3.60. The smallest absolute Gasteiger partial charge is 0.272 e. The number of amides is 1. The van der Waals surface area contributed by atoms with Crippen molar-refractivity contribution in [2.45, 2.75) is 5.92 Å². The molecule has 3 heterocycles. The Bertz CT molecular complexity index is 1130. The Morgan fingerprint density at radius 2 is 1.76 bits per heavy atom. The summed E-state index contributed by atoms with van der Waals surface area (Å²) in [6.45, 7) is 1.35. The van der Waals surface area contributed by atoms with Crippen molar-refractivity contribution in [1.29, 1.82) is 0 Å². The van der Waals surface area contributed by atoms with Crippen LogP contribution in [0.4, 0.5) is 0 Å². The third-order valence-electron chi connectivity index (χ3n) is 5.21. The Balaban J connectivity index is 1.43. The average molecular weight is 404 g/mol. The number of benzene rings is 2. The van der Waals surface area contributed by atoms with E-state index in [1.54, 1.807) is 17.0 Å². The van der Waals surface area contributed by atoms with Crippen molar-refractivity contribution < 1.29 is 9.21 Å². The lowest BCUT2D eigenvalue weighted by Gasteiger charge is -2.39. The summed E-state index contributed by atoms with van der Waals surface area (Å²) in [5.74, 6) is 0.926. The molecule has 0 spiro atoms. The topological polar surface area (TPSA) is 51.3 Å². The monoisotopic (exact) mass is 403 g/mol. The summed E-state index contributed by atoms with van der Waals surface area (Å²) in [6.07, 6.45) is 1.60. The molecule has 1 aliphatic rings. The molecule has 0 aliphatic carbocycles. The largest absolute Gasteiger partial charge is 0.463 e. The number of aromatic nitrogens is 2. The van der Waals surface area contributed by atoms with Crippen LogP contribution < -0.4 is 0 Å². The maximum Gasteiger partial charge on any atom is 0.272 e. The predicted molar refractivity (Wildman–Crippen MR) is 111 cm³/mol. The molecule has 0 radical (unpaired) electrons. The first kappa shape index (κ1) is 17.8. The van der Waals surface area contributed by atoms with Gasteiger partial charge in [0.25, 0.3) is 5.91 Å². The van der Waals surface area contributed by atoms with Crippen LogP contribution >= 0.6 is 11.6 Å². The molecule has 0 saturated carbocycles. The molecule has 1 saturated heterocycles. The van der Waals surface area contributed by atoms with Crippen molar-refractivity contribution in [1.82, 2.24) is 14.7 Å². The van der Waals surface area contributed by atoms with Crippen LogP contribution in [0.5, 0.6) is 0 Å². The number of carbonyl (C=O) groups is 1. The molecule has 4 aromatic rings. The van der Waals surface area contributed by atoms with Crippen LogP contribution in [-0.2, 0) is 0 Å². The van der Waals surface area contributed by atoms with Gasteiger partial charge >= 0.3 is 0 Å². The fourth-order valence-corrected chi connectivity index (χ4v) is 3.72. The van der Waals surface area contributed by atoms with Crippen LogP contribution in [0.1, 0.15) is 22.0 Å². The normalized spacial score (nSPS) is 14.0. The number of likely N-dealkylation sites (tertiary alicyclic amines) is 1. The second-order valence-corrected chi connectivity index (χ2v) is 7.53. The Morgan fingerprint density at radius 3 is 2.45 bits per heavy atom. The molecule has 5 nitrogen and oxygen atoms in total. The molecule has 1 aliphatic heterocycles. The van der Waals surface area contributed by atoms with Gasteiger partial charge < -0.3 is 9.32 Å². The molecule has 0 N–H and O–H groups in total. The molecule has 5 rings (SSSR count). The minimum Gasteiger partial charge on any atom is -0.463 e. The Hall–Kier alpha value is -3.31. The lowest BCUT2D eigenvalue weighted by atomic mass is 9.91. The van der Waals surface area contributed by atoms with E-state index in [2.05, 4.69) is 5.10 Å². The first-order valence-corrected chi connectivity index (χ1v) is 9.81. The van der Waals surface area contributed by atoms with Crippen LogP contribution in [0.25, 0.3) is 17.1 Å². The third-order valence-corrected chi connectivity index (χ3v) is 5.47. The number of para-hydroxylation sites is 1. The van der Waals surface area contributed by atoms with Gasteiger partial charge in [-0.25, -0.2) is 4.68 Å². The molecule has 0 atom stereocenters. The predicted octanol–water partition coefficient (Wildman–Crippen LogP) is 5.03. The van der Waals surface area contributed by atoms with Gasteiger partial charge in [-0.1, -0.05) is 41.9 Å². The van der Waals surface area contributed by atoms with E-state index in [4.69, 9.17) is 16.0 Å². The molecule has 6 heteroatoms. The quantitative estimate of drug-likeness (QED) is 0.480. The van der Waals surface area contributed by atoms with E-state index in [9.17, 15) is 4.79 Å². The maximum atomic E-state index is 13.2. The zero-order valence-electron chi connectivity index (χ0n) is 15.5. The van der Waals surface area contributed by atoms with Crippen LogP contribution in [0.2, 0.25) is 5.02 Å². The van der Waals surface area contributed by atoms with Gasteiger partial charge in [0.05, 0.1) is 12.0 Å². The number of rotatable bonds is 4. The lowest BCUT2D eigenvalue weighted by molar-refractivity contribution is 0.0593. The second-order valence-electron chi connectivity index (χ2n) is 7.10. The maximum absolute atomic E-state index is 13.2. The zero-order chi connectivity index (χ0) is 19.8. The summed E-state index contributed by atoms with van der Waals surface area (Å²) in [6, 6.07) is 22.9. The second kappa shape index (κ2) is 7.26. The molecule has 1 amide bonds. The number of halogens is 1. The number of hydrogen-bond acceptors (Lipinski definition) is 3. The van der Waals surface area contributed by atoms with Gasteiger partial charge in [-0.3, -0.25) is 4.79 Å². The highest BCUT2D eigenvalue weighted by Gasteiger charge is 2.34. The molecule has 1 fully saturated rings. The summed E-state index contributed by atoms with van der Waals surface area (Å²) in [5, 5.41) is 5.35. The summed E-state index contributed by atoms with van der Waals surface area (Å²) < 4.78 is 7.17. The minimum atomic E-state index is -0.0376. The van der Waals surface area contributed by atoms with Gasteiger partial charge in [-0.05, 0) is 42.0 Å². The van der Waals surface area contributed by atoms with Crippen molar-refractivity contribution in [2.24, 2.45) is 0 Å². The lowest BCUT2D eigenvalue weighted by Crippen LogP contribution is -2.48. The first-order valence-electron chi connectivity index (χ1n) is 9.43. The fraction of sp³-hybridized carbons (Fsp3) is 0.130. The van der Waals surface area contributed by atoms with Gasteiger partial charge in [-0.2, -0.15) is 5.10 Å². The number of furan rings is 1. The molecule has 0 unspecified atom stereocenters. The van der Waals surface area contributed by atoms with E-state index in [0.29, 0.717) is 36.2 Å². The van der Waals surface area contributed by atoms with Crippen LogP contribution in [0.15, 0.2) is 83.5 Å². The molecule has 29 heavy (non-hydrogen) atoms.